The number of carbonyl (C=O) groups is 1. The van der Waals surface area contributed by atoms with Gasteiger partial charge in [-0.2, -0.15) is 4.99 Å². The van der Waals surface area contributed by atoms with E-state index >= 15 is 0 Å². The first-order valence-corrected chi connectivity index (χ1v) is 11.6. The van der Waals surface area contributed by atoms with Crippen molar-refractivity contribution in [1.82, 2.24) is 9.80 Å². The van der Waals surface area contributed by atoms with Crippen LogP contribution in [0.1, 0.15) is 56.2 Å². The highest BCUT2D eigenvalue weighted by Gasteiger charge is 2.36. The molecule has 0 saturated carbocycles. The van der Waals surface area contributed by atoms with Crippen LogP contribution < -0.4 is 4.90 Å². The third-order valence-corrected chi connectivity index (χ3v) is 7.22. The number of carbonyl (C=O) groups excluding carboxylic acids is 1. The molecule has 3 aliphatic rings. The van der Waals surface area contributed by atoms with E-state index in [1.54, 1.807) is 0 Å². The van der Waals surface area contributed by atoms with Crippen LogP contribution in [0, 0.1) is 0 Å². The average molecular weight is 429 g/mol. The van der Waals surface area contributed by atoms with Crippen molar-refractivity contribution in [2.75, 3.05) is 25.0 Å². The number of amides is 1. The van der Waals surface area contributed by atoms with E-state index < -0.39 is 0 Å². The predicted octanol–water partition coefficient (Wildman–Crippen LogP) is 4.85. The van der Waals surface area contributed by atoms with Gasteiger partial charge in [0.15, 0.2) is 0 Å². The zero-order valence-corrected chi connectivity index (χ0v) is 19.5. The summed E-state index contributed by atoms with van der Waals surface area (Å²) >= 11 is 0. The lowest BCUT2D eigenvalue weighted by Gasteiger charge is -2.45. The molecular formula is C27H32N4O. The van der Waals surface area contributed by atoms with Gasteiger partial charge in [-0.1, -0.05) is 43.3 Å². The Bertz CT molecular complexity index is 1100. The van der Waals surface area contributed by atoms with Crippen molar-refractivity contribution >= 4 is 23.6 Å². The van der Waals surface area contributed by atoms with Crippen LogP contribution in [0.2, 0.25) is 0 Å². The first-order chi connectivity index (χ1) is 15.3. The van der Waals surface area contributed by atoms with Crippen LogP contribution in [0.3, 0.4) is 0 Å². The van der Waals surface area contributed by atoms with E-state index in [1.165, 1.54) is 16.8 Å². The van der Waals surface area contributed by atoms with E-state index in [9.17, 15) is 4.79 Å². The quantitative estimate of drug-likeness (QED) is 0.655. The molecule has 1 saturated heterocycles. The third kappa shape index (κ3) is 3.60. The minimum absolute atomic E-state index is 0.135. The summed E-state index contributed by atoms with van der Waals surface area (Å²) in [5, 5.41) is 0. The largest absolute Gasteiger partial charge is 0.369 e. The topological polar surface area (TPSA) is 39.2 Å². The zero-order valence-electron chi connectivity index (χ0n) is 19.5. The zero-order chi connectivity index (χ0) is 22.5. The molecule has 0 N–H and O–H groups in total. The van der Waals surface area contributed by atoms with Gasteiger partial charge < -0.3 is 14.7 Å². The maximum absolute atomic E-state index is 12.9. The van der Waals surface area contributed by atoms with Gasteiger partial charge in [-0.25, -0.2) is 0 Å². The molecule has 166 valence electrons. The first kappa shape index (κ1) is 20.8. The average Bonchev–Trinajstić information content (AvgIpc) is 3.09. The summed E-state index contributed by atoms with van der Waals surface area (Å²) in [5.74, 6) is 1.14. The maximum atomic E-state index is 12.9. The smallest absolute Gasteiger partial charge is 0.296 e. The van der Waals surface area contributed by atoms with Gasteiger partial charge in [0.05, 0.1) is 0 Å². The van der Waals surface area contributed by atoms with Gasteiger partial charge in [-0.15, -0.1) is 0 Å². The van der Waals surface area contributed by atoms with E-state index in [0.29, 0.717) is 11.6 Å². The summed E-state index contributed by atoms with van der Waals surface area (Å²) < 4.78 is 0. The van der Waals surface area contributed by atoms with Crippen molar-refractivity contribution in [2.45, 2.75) is 51.6 Å². The molecule has 1 amide bonds. The van der Waals surface area contributed by atoms with Crippen molar-refractivity contribution in [3.05, 3.63) is 70.9 Å². The summed E-state index contributed by atoms with van der Waals surface area (Å²) in [7, 11) is 2.18. The molecule has 3 aliphatic heterocycles. The number of hydrogen-bond donors (Lipinski definition) is 0. The minimum Gasteiger partial charge on any atom is -0.369 e. The maximum Gasteiger partial charge on any atom is 0.296 e. The standard InChI is InChI=1S/C27H32N4O/c1-19-17-27(2,3)29(4)23-12-11-21(15-22(19)23)16-24-25(32)28-26-30(13-8-14-31(24)26)18-20-9-6-5-7-10-20/h5-7,9-12,15-16,19H,8,13-14,17-18H2,1-4H3. The fraction of sp³-hybridized carbons (Fsp3) is 0.407. The summed E-state index contributed by atoms with van der Waals surface area (Å²) in [6.07, 6.45) is 4.15. The van der Waals surface area contributed by atoms with Crippen LogP contribution in [0.15, 0.2) is 59.2 Å². The molecule has 0 spiro atoms. The number of guanidine groups is 1. The number of benzene rings is 2. The summed E-state index contributed by atoms with van der Waals surface area (Å²) in [5.41, 5.74) is 5.79. The third-order valence-electron chi connectivity index (χ3n) is 7.22. The second-order valence-electron chi connectivity index (χ2n) is 9.95. The van der Waals surface area contributed by atoms with Crippen LogP contribution in [0.5, 0.6) is 0 Å². The molecule has 2 aromatic carbocycles. The highest BCUT2D eigenvalue weighted by Crippen LogP contribution is 2.43. The molecule has 2 aromatic rings. The second kappa shape index (κ2) is 7.80. The Balaban J connectivity index is 1.42. The van der Waals surface area contributed by atoms with Crippen molar-refractivity contribution in [3.8, 4) is 0 Å². The molecule has 5 nitrogen and oxygen atoms in total. The molecule has 0 bridgehead atoms. The molecule has 3 heterocycles. The lowest BCUT2D eigenvalue weighted by atomic mass is 9.80. The highest BCUT2D eigenvalue weighted by atomic mass is 16.2. The van der Waals surface area contributed by atoms with Gasteiger partial charge in [-0.3, -0.25) is 4.79 Å². The van der Waals surface area contributed by atoms with Crippen molar-refractivity contribution in [2.24, 2.45) is 4.99 Å². The van der Waals surface area contributed by atoms with Crippen molar-refractivity contribution in [3.63, 3.8) is 0 Å². The summed E-state index contributed by atoms with van der Waals surface area (Å²) in [6.45, 7) is 9.43. The molecular weight excluding hydrogens is 396 g/mol. The predicted molar refractivity (Wildman–Crippen MR) is 131 cm³/mol. The number of nitrogens with zero attached hydrogens (tertiary/aromatic N) is 4. The van der Waals surface area contributed by atoms with E-state index in [-0.39, 0.29) is 11.4 Å². The molecule has 5 heteroatoms. The van der Waals surface area contributed by atoms with Gasteiger partial charge in [0.2, 0.25) is 5.96 Å². The van der Waals surface area contributed by atoms with Crippen LogP contribution >= 0.6 is 0 Å². The Hall–Kier alpha value is -3.08. The summed E-state index contributed by atoms with van der Waals surface area (Å²) in [6, 6.07) is 17.0. The van der Waals surface area contributed by atoms with E-state index in [2.05, 4.69) is 90.0 Å². The number of hydrogen-bond acceptors (Lipinski definition) is 4. The Morgan fingerprint density at radius 1 is 1.12 bits per heavy atom. The Morgan fingerprint density at radius 3 is 2.69 bits per heavy atom. The molecule has 1 unspecified atom stereocenters. The lowest BCUT2D eigenvalue weighted by molar-refractivity contribution is -0.114. The monoisotopic (exact) mass is 428 g/mol. The van der Waals surface area contributed by atoms with Crippen LogP contribution in [0.4, 0.5) is 5.69 Å². The molecule has 5 rings (SSSR count). The van der Waals surface area contributed by atoms with E-state index in [4.69, 9.17) is 0 Å². The molecule has 1 fully saturated rings. The fourth-order valence-corrected chi connectivity index (χ4v) is 5.35. The van der Waals surface area contributed by atoms with Gasteiger partial charge in [-0.05, 0) is 67.5 Å². The van der Waals surface area contributed by atoms with Gasteiger partial charge in [0.1, 0.15) is 5.70 Å². The van der Waals surface area contributed by atoms with Crippen LogP contribution in [-0.4, -0.2) is 47.3 Å². The number of fused-ring (bicyclic) bond motifs is 2. The molecule has 0 radical (unpaired) electrons. The SMILES string of the molecule is CC1CC(C)(C)N(C)c2ccc(C=C3C(=O)N=C4N(Cc5ccccc5)CCCN34)cc21. The summed E-state index contributed by atoms with van der Waals surface area (Å²) in [4.78, 5) is 24.1. The minimum atomic E-state index is -0.135. The van der Waals surface area contributed by atoms with Gasteiger partial charge >= 0.3 is 0 Å². The molecule has 0 aliphatic carbocycles. The Labute approximate surface area is 191 Å². The van der Waals surface area contributed by atoms with Crippen molar-refractivity contribution < 1.29 is 4.79 Å². The second-order valence-corrected chi connectivity index (χ2v) is 9.95. The van der Waals surface area contributed by atoms with Crippen LogP contribution in [0.25, 0.3) is 6.08 Å². The fourth-order valence-electron chi connectivity index (χ4n) is 5.35. The Morgan fingerprint density at radius 2 is 1.91 bits per heavy atom. The lowest BCUT2D eigenvalue weighted by Crippen LogP contribution is -2.47. The Kier molecular flexibility index (Phi) is 5.07. The van der Waals surface area contributed by atoms with Crippen molar-refractivity contribution in [1.29, 1.82) is 0 Å². The normalized spacial score (nSPS) is 23.3. The van der Waals surface area contributed by atoms with Crippen LogP contribution in [-0.2, 0) is 11.3 Å². The molecule has 1 atom stereocenters. The first-order valence-electron chi connectivity index (χ1n) is 11.6. The van der Waals surface area contributed by atoms with Gasteiger partial charge in [0, 0.05) is 37.9 Å². The molecule has 0 aromatic heterocycles. The highest BCUT2D eigenvalue weighted by molar-refractivity contribution is 6.12. The van der Waals surface area contributed by atoms with E-state index in [0.717, 1.165) is 44.0 Å². The van der Waals surface area contributed by atoms with E-state index in [1.807, 2.05) is 12.1 Å². The number of rotatable bonds is 3. The van der Waals surface area contributed by atoms with Gasteiger partial charge in [0.25, 0.3) is 5.91 Å². The molecule has 32 heavy (non-hydrogen) atoms. The number of aliphatic imine (C=N–C) groups is 1. The number of anilines is 1.